The van der Waals surface area contributed by atoms with E-state index in [1.165, 1.54) is 0 Å². The standard InChI is InChI=1S/C14H25NOS2/c1-6-10(2)17-8-11(16)7-13-15-12(9-18-13)14(3,4)5/h9-11,16H,6-8H2,1-5H3. The fraction of sp³-hybridized carbons (Fsp3) is 0.786. The van der Waals surface area contributed by atoms with Gasteiger partial charge in [-0.3, -0.25) is 0 Å². The van der Waals surface area contributed by atoms with Crippen LogP contribution in [0.5, 0.6) is 0 Å². The van der Waals surface area contributed by atoms with Crippen molar-refractivity contribution in [1.29, 1.82) is 0 Å². The van der Waals surface area contributed by atoms with Crippen molar-refractivity contribution in [1.82, 2.24) is 4.98 Å². The van der Waals surface area contributed by atoms with E-state index in [1.807, 2.05) is 11.8 Å². The van der Waals surface area contributed by atoms with Crippen molar-refractivity contribution in [3.05, 3.63) is 16.1 Å². The molecule has 4 heteroatoms. The van der Waals surface area contributed by atoms with E-state index in [0.29, 0.717) is 11.7 Å². The van der Waals surface area contributed by atoms with E-state index in [2.05, 4.69) is 45.0 Å². The van der Waals surface area contributed by atoms with Gasteiger partial charge in [-0.1, -0.05) is 34.6 Å². The molecule has 0 amide bonds. The number of nitrogens with zero attached hydrogens (tertiary/aromatic N) is 1. The van der Waals surface area contributed by atoms with Gasteiger partial charge in [0.25, 0.3) is 0 Å². The first-order valence-corrected chi connectivity index (χ1v) is 8.50. The van der Waals surface area contributed by atoms with Crippen LogP contribution in [0.15, 0.2) is 5.38 Å². The first-order valence-electron chi connectivity index (χ1n) is 6.57. The van der Waals surface area contributed by atoms with E-state index < -0.39 is 0 Å². The maximum Gasteiger partial charge on any atom is 0.0954 e. The van der Waals surface area contributed by atoms with Crippen molar-refractivity contribution in [3.8, 4) is 0 Å². The summed E-state index contributed by atoms with van der Waals surface area (Å²) in [6, 6.07) is 0. The van der Waals surface area contributed by atoms with Gasteiger partial charge in [0.1, 0.15) is 0 Å². The molecule has 0 fully saturated rings. The zero-order valence-corrected chi connectivity index (χ0v) is 13.7. The number of aromatic nitrogens is 1. The largest absolute Gasteiger partial charge is 0.392 e. The van der Waals surface area contributed by atoms with Crippen LogP contribution in [0.4, 0.5) is 0 Å². The molecule has 0 saturated carbocycles. The quantitative estimate of drug-likeness (QED) is 0.862. The fourth-order valence-corrected chi connectivity index (χ4v) is 3.40. The number of hydrogen-bond donors (Lipinski definition) is 1. The predicted octanol–water partition coefficient (Wildman–Crippen LogP) is 3.88. The lowest BCUT2D eigenvalue weighted by atomic mass is 9.93. The summed E-state index contributed by atoms with van der Waals surface area (Å²) in [5, 5.41) is 13.8. The molecular weight excluding hydrogens is 262 g/mol. The molecule has 1 aromatic heterocycles. The van der Waals surface area contributed by atoms with E-state index in [4.69, 9.17) is 0 Å². The lowest BCUT2D eigenvalue weighted by molar-refractivity contribution is 0.200. The predicted molar refractivity (Wildman–Crippen MR) is 82.7 cm³/mol. The Morgan fingerprint density at radius 3 is 2.61 bits per heavy atom. The van der Waals surface area contributed by atoms with Crippen LogP contribution in [0, 0.1) is 0 Å². The number of aliphatic hydroxyl groups is 1. The van der Waals surface area contributed by atoms with E-state index >= 15 is 0 Å². The SMILES string of the molecule is CCC(C)SCC(O)Cc1nc(C(C)(C)C)cs1. The van der Waals surface area contributed by atoms with Crippen molar-refractivity contribution < 1.29 is 5.11 Å². The first kappa shape index (κ1) is 16.0. The molecule has 2 nitrogen and oxygen atoms in total. The molecule has 0 aliphatic rings. The third kappa shape index (κ3) is 5.29. The van der Waals surface area contributed by atoms with Gasteiger partial charge in [0, 0.05) is 28.2 Å². The number of thioether (sulfide) groups is 1. The molecule has 2 atom stereocenters. The average Bonchev–Trinajstić information content (AvgIpc) is 2.74. The van der Waals surface area contributed by atoms with Gasteiger partial charge >= 0.3 is 0 Å². The van der Waals surface area contributed by atoms with Crippen LogP contribution in [0.3, 0.4) is 0 Å². The first-order chi connectivity index (χ1) is 8.32. The summed E-state index contributed by atoms with van der Waals surface area (Å²) in [4.78, 5) is 4.62. The molecular formula is C14H25NOS2. The van der Waals surface area contributed by atoms with Gasteiger partial charge in [-0.05, 0) is 6.42 Å². The Hall–Kier alpha value is -0.0600. The second kappa shape index (κ2) is 6.92. The summed E-state index contributed by atoms with van der Waals surface area (Å²) in [5.74, 6) is 0.805. The van der Waals surface area contributed by atoms with Crippen LogP contribution >= 0.6 is 23.1 Å². The summed E-state index contributed by atoms with van der Waals surface area (Å²) in [6.07, 6.45) is 1.57. The van der Waals surface area contributed by atoms with Crippen LogP contribution in [-0.2, 0) is 11.8 Å². The Morgan fingerprint density at radius 1 is 1.44 bits per heavy atom. The highest BCUT2D eigenvalue weighted by Gasteiger charge is 2.18. The Morgan fingerprint density at radius 2 is 2.11 bits per heavy atom. The lowest BCUT2D eigenvalue weighted by Gasteiger charge is -2.14. The normalized spacial score (nSPS) is 15.7. The number of aliphatic hydroxyl groups excluding tert-OH is 1. The molecule has 0 aromatic carbocycles. The van der Waals surface area contributed by atoms with Crippen LogP contribution in [0.25, 0.3) is 0 Å². The van der Waals surface area contributed by atoms with Crippen molar-refractivity contribution in [2.75, 3.05) is 5.75 Å². The summed E-state index contributed by atoms with van der Waals surface area (Å²) < 4.78 is 0. The van der Waals surface area contributed by atoms with Crippen molar-refractivity contribution in [2.45, 2.75) is 64.2 Å². The Labute approximate surface area is 119 Å². The van der Waals surface area contributed by atoms with Crippen molar-refractivity contribution in [2.24, 2.45) is 0 Å². The molecule has 0 spiro atoms. The van der Waals surface area contributed by atoms with Gasteiger partial charge in [-0.25, -0.2) is 4.98 Å². The molecule has 1 N–H and O–H groups in total. The van der Waals surface area contributed by atoms with Crippen molar-refractivity contribution in [3.63, 3.8) is 0 Å². The molecule has 0 radical (unpaired) electrons. The van der Waals surface area contributed by atoms with Gasteiger partial charge in [-0.2, -0.15) is 11.8 Å². The van der Waals surface area contributed by atoms with Gasteiger partial charge < -0.3 is 5.11 Å². The zero-order valence-electron chi connectivity index (χ0n) is 12.1. The fourth-order valence-electron chi connectivity index (χ4n) is 1.40. The molecule has 0 bridgehead atoms. The second-order valence-electron chi connectivity index (χ2n) is 5.79. The average molecular weight is 287 g/mol. The maximum absolute atomic E-state index is 10.0. The highest BCUT2D eigenvalue weighted by Crippen LogP contribution is 2.25. The molecule has 0 aliphatic heterocycles. The highest BCUT2D eigenvalue weighted by atomic mass is 32.2. The molecule has 1 heterocycles. The third-order valence-electron chi connectivity index (χ3n) is 2.88. The van der Waals surface area contributed by atoms with Crippen LogP contribution in [0.1, 0.15) is 51.7 Å². The topological polar surface area (TPSA) is 33.1 Å². The summed E-state index contributed by atoms with van der Waals surface area (Å²) in [5.41, 5.74) is 1.23. The summed E-state index contributed by atoms with van der Waals surface area (Å²) in [6.45, 7) is 10.9. The highest BCUT2D eigenvalue weighted by molar-refractivity contribution is 7.99. The molecule has 1 aromatic rings. The third-order valence-corrected chi connectivity index (χ3v) is 5.23. The Kier molecular flexibility index (Phi) is 6.15. The minimum Gasteiger partial charge on any atom is -0.392 e. The Bertz CT molecular complexity index is 357. The number of thiazole rings is 1. The number of rotatable bonds is 6. The second-order valence-corrected chi connectivity index (χ2v) is 8.20. The molecule has 0 aliphatic carbocycles. The maximum atomic E-state index is 10.0. The van der Waals surface area contributed by atoms with Crippen LogP contribution in [0.2, 0.25) is 0 Å². The monoisotopic (exact) mass is 287 g/mol. The van der Waals surface area contributed by atoms with E-state index in [9.17, 15) is 5.11 Å². The molecule has 104 valence electrons. The minimum absolute atomic E-state index is 0.102. The summed E-state index contributed by atoms with van der Waals surface area (Å²) in [7, 11) is 0. The van der Waals surface area contributed by atoms with Crippen LogP contribution < -0.4 is 0 Å². The minimum atomic E-state index is -0.275. The van der Waals surface area contributed by atoms with E-state index in [-0.39, 0.29) is 11.5 Å². The Balaban J connectivity index is 2.45. The smallest absolute Gasteiger partial charge is 0.0954 e. The summed E-state index contributed by atoms with van der Waals surface area (Å²) >= 11 is 3.51. The van der Waals surface area contributed by atoms with Crippen molar-refractivity contribution >= 4 is 23.1 Å². The lowest BCUT2D eigenvalue weighted by Crippen LogP contribution is -2.16. The zero-order chi connectivity index (χ0) is 13.8. The van der Waals surface area contributed by atoms with Gasteiger partial charge in [0.05, 0.1) is 16.8 Å². The van der Waals surface area contributed by atoms with Gasteiger partial charge in [-0.15, -0.1) is 11.3 Å². The van der Waals surface area contributed by atoms with E-state index in [0.717, 1.165) is 22.9 Å². The molecule has 2 unspecified atom stereocenters. The number of hydrogen-bond acceptors (Lipinski definition) is 4. The molecule has 18 heavy (non-hydrogen) atoms. The molecule has 1 rings (SSSR count). The molecule has 0 saturated heterocycles. The van der Waals surface area contributed by atoms with Gasteiger partial charge in [0.15, 0.2) is 0 Å². The van der Waals surface area contributed by atoms with Crippen LogP contribution in [-0.4, -0.2) is 27.2 Å². The van der Waals surface area contributed by atoms with E-state index in [1.54, 1.807) is 11.3 Å². The van der Waals surface area contributed by atoms with Gasteiger partial charge in [0.2, 0.25) is 0 Å².